The molecule has 0 aliphatic rings. The fourth-order valence-electron chi connectivity index (χ4n) is 1.89. The number of hydrogen-bond acceptors (Lipinski definition) is 5. The van der Waals surface area contributed by atoms with E-state index < -0.39 is 22.4 Å². The van der Waals surface area contributed by atoms with Crippen LogP contribution in [-0.2, 0) is 27.2 Å². The van der Waals surface area contributed by atoms with Gasteiger partial charge in [-0.3, -0.25) is 0 Å². The Kier molecular flexibility index (Phi) is 7.82. The SMILES string of the molecule is COC(=O)c1cn(COCC[Si](C)(C)C)c(CO[Si](C)(C)C(C)(C)C)n1. The summed E-state index contributed by atoms with van der Waals surface area (Å²) in [5.74, 6) is 0.252. The molecule has 1 aromatic heterocycles. The molecular weight excluding hydrogens is 364 g/mol. The van der Waals surface area contributed by atoms with Crippen LogP contribution >= 0.6 is 0 Å². The molecular formula is C18H36N2O4Si2. The van der Waals surface area contributed by atoms with Crippen molar-refractivity contribution in [1.29, 1.82) is 0 Å². The Bertz CT molecular complexity index is 601. The lowest BCUT2D eigenvalue weighted by Gasteiger charge is -2.36. The van der Waals surface area contributed by atoms with Gasteiger partial charge in [0, 0.05) is 20.9 Å². The topological polar surface area (TPSA) is 62.6 Å². The van der Waals surface area contributed by atoms with Crippen LogP contribution in [0.3, 0.4) is 0 Å². The zero-order valence-electron chi connectivity index (χ0n) is 17.9. The number of esters is 1. The van der Waals surface area contributed by atoms with E-state index in [0.29, 0.717) is 25.8 Å². The molecule has 0 unspecified atom stereocenters. The van der Waals surface area contributed by atoms with Crippen LogP contribution in [0.4, 0.5) is 0 Å². The van der Waals surface area contributed by atoms with E-state index >= 15 is 0 Å². The first-order chi connectivity index (χ1) is 11.8. The molecule has 6 nitrogen and oxygen atoms in total. The Hall–Kier alpha value is -0.966. The monoisotopic (exact) mass is 400 g/mol. The number of carbonyl (C=O) groups is 1. The van der Waals surface area contributed by atoms with E-state index in [4.69, 9.17) is 13.9 Å². The molecule has 1 rings (SSSR count). The summed E-state index contributed by atoms with van der Waals surface area (Å²) in [5, 5.41) is 0.115. The molecule has 8 heteroatoms. The zero-order valence-corrected chi connectivity index (χ0v) is 19.9. The van der Waals surface area contributed by atoms with E-state index in [1.807, 2.05) is 4.57 Å². The van der Waals surface area contributed by atoms with E-state index in [1.165, 1.54) is 7.11 Å². The largest absolute Gasteiger partial charge is 0.464 e. The van der Waals surface area contributed by atoms with Gasteiger partial charge >= 0.3 is 5.97 Å². The molecule has 1 aromatic rings. The highest BCUT2D eigenvalue weighted by molar-refractivity contribution is 6.76. The Balaban J connectivity index is 2.84. The molecule has 0 aliphatic carbocycles. The van der Waals surface area contributed by atoms with Crippen molar-refractivity contribution in [3.8, 4) is 0 Å². The number of nitrogens with zero attached hydrogens (tertiary/aromatic N) is 2. The summed E-state index contributed by atoms with van der Waals surface area (Å²) in [7, 11) is -1.68. The summed E-state index contributed by atoms with van der Waals surface area (Å²) < 4.78 is 18.7. The predicted octanol–water partition coefficient (Wildman–Crippen LogP) is 4.50. The second-order valence-electron chi connectivity index (χ2n) is 9.40. The maximum atomic E-state index is 11.8. The summed E-state index contributed by atoms with van der Waals surface area (Å²) in [6.45, 7) is 19.4. The van der Waals surface area contributed by atoms with Crippen LogP contribution in [0.5, 0.6) is 0 Å². The minimum atomic E-state index is -1.90. The van der Waals surface area contributed by atoms with Gasteiger partial charge in [-0.05, 0) is 24.2 Å². The van der Waals surface area contributed by atoms with Gasteiger partial charge in [0.2, 0.25) is 0 Å². The van der Waals surface area contributed by atoms with E-state index in [1.54, 1.807) is 6.20 Å². The maximum absolute atomic E-state index is 11.8. The van der Waals surface area contributed by atoms with Gasteiger partial charge in [0.25, 0.3) is 0 Å². The van der Waals surface area contributed by atoms with Crippen LogP contribution in [0.25, 0.3) is 0 Å². The second-order valence-corrected chi connectivity index (χ2v) is 19.8. The summed E-state index contributed by atoms with van der Waals surface area (Å²) in [6, 6.07) is 1.10. The van der Waals surface area contributed by atoms with Gasteiger partial charge in [0.15, 0.2) is 14.0 Å². The highest BCUT2D eigenvalue weighted by Gasteiger charge is 2.37. The summed E-state index contributed by atoms with van der Waals surface area (Å²) in [5.41, 5.74) is 0.287. The standard InChI is InChI=1S/C18H36N2O4Si2/c1-18(2,3)26(8,9)24-13-16-19-15(17(21)22-4)12-20(16)14-23-10-11-25(5,6)7/h12H,10-11,13-14H2,1-9H3. The van der Waals surface area contributed by atoms with Gasteiger partial charge < -0.3 is 18.5 Å². The zero-order chi connectivity index (χ0) is 20.2. The van der Waals surface area contributed by atoms with Gasteiger partial charge in [-0.1, -0.05) is 40.4 Å². The van der Waals surface area contributed by atoms with Gasteiger partial charge in [-0.25, -0.2) is 9.78 Å². The van der Waals surface area contributed by atoms with Crippen molar-refractivity contribution < 1.29 is 18.7 Å². The van der Waals surface area contributed by atoms with E-state index in [-0.39, 0.29) is 10.7 Å². The Morgan fingerprint density at radius 2 is 1.81 bits per heavy atom. The Labute approximate surface area is 160 Å². The van der Waals surface area contributed by atoms with Gasteiger partial charge in [0.05, 0.1) is 13.7 Å². The van der Waals surface area contributed by atoms with Gasteiger partial charge in [-0.2, -0.15) is 0 Å². The number of aromatic nitrogens is 2. The number of ether oxygens (including phenoxy) is 2. The van der Waals surface area contributed by atoms with Crippen molar-refractivity contribution in [1.82, 2.24) is 9.55 Å². The Morgan fingerprint density at radius 1 is 1.19 bits per heavy atom. The van der Waals surface area contributed by atoms with Crippen molar-refractivity contribution in [2.45, 2.75) is 77.9 Å². The summed E-state index contributed by atoms with van der Waals surface area (Å²) in [6.07, 6.45) is 1.69. The van der Waals surface area contributed by atoms with Gasteiger partial charge in [0.1, 0.15) is 12.6 Å². The lowest BCUT2D eigenvalue weighted by molar-refractivity contribution is 0.0593. The molecule has 0 N–H and O–H groups in total. The fraction of sp³-hybridized carbons (Fsp3) is 0.778. The molecule has 0 amide bonds. The van der Waals surface area contributed by atoms with E-state index in [9.17, 15) is 4.79 Å². The van der Waals surface area contributed by atoms with Crippen LogP contribution in [0.2, 0.25) is 43.8 Å². The normalized spacial score (nSPS) is 13.1. The fourth-order valence-corrected chi connectivity index (χ4v) is 3.57. The van der Waals surface area contributed by atoms with E-state index in [2.05, 4.69) is 58.5 Å². The molecule has 0 saturated heterocycles. The number of carbonyl (C=O) groups excluding carboxylic acids is 1. The molecule has 1 heterocycles. The molecule has 0 spiro atoms. The third kappa shape index (κ3) is 6.98. The van der Waals surface area contributed by atoms with Crippen molar-refractivity contribution >= 4 is 22.4 Å². The molecule has 0 atom stereocenters. The first-order valence-corrected chi connectivity index (χ1v) is 15.7. The number of hydrogen-bond donors (Lipinski definition) is 0. The molecule has 0 fully saturated rings. The first kappa shape index (κ1) is 23.1. The van der Waals surface area contributed by atoms with Crippen molar-refractivity contribution in [2.24, 2.45) is 0 Å². The van der Waals surface area contributed by atoms with Crippen LogP contribution in [-0.4, -0.2) is 45.6 Å². The lowest BCUT2D eigenvalue weighted by atomic mass is 10.2. The minimum absolute atomic E-state index is 0.115. The second kappa shape index (κ2) is 8.81. The lowest BCUT2D eigenvalue weighted by Crippen LogP contribution is -2.40. The van der Waals surface area contributed by atoms with Gasteiger partial charge in [-0.15, -0.1) is 0 Å². The van der Waals surface area contributed by atoms with E-state index in [0.717, 1.165) is 6.04 Å². The molecule has 0 saturated carbocycles. The molecule has 150 valence electrons. The van der Waals surface area contributed by atoms with Crippen LogP contribution in [0, 0.1) is 0 Å². The quantitative estimate of drug-likeness (QED) is 0.347. The van der Waals surface area contributed by atoms with Crippen molar-refractivity contribution in [2.75, 3.05) is 13.7 Å². The smallest absolute Gasteiger partial charge is 0.358 e. The maximum Gasteiger partial charge on any atom is 0.358 e. The average Bonchev–Trinajstić information content (AvgIpc) is 2.90. The number of imidazole rings is 1. The predicted molar refractivity (Wildman–Crippen MR) is 110 cm³/mol. The first-order valence-electron chi connectivity index (χ1n) is 9.13. The van der Waals surface area contributed by atoms with Crippen LogP contribution in [0.15, 0.2) is 6.20 Å². The molecule has 0 aliphatic heterocycles. The molecule has 0 bridgehead atoms. The van der Waals surface area contributed by atoms with Crippen LogP contribution in [0.1, 0.15) is 37.1 Å². The summed E-state index contributed by atoms with van der Waals surface area (Å²) >= 11 is 0. The van der Waals surface area contributed by atoms with Crippen LogP contribution < -0.4 is 0 Å². The molecule has 0 radical (unpaired) electrons. The minimum Gasteiger partial charge on any atom is -0.464 e. The highest BCUT2D eigenvalue weighted by Crippen LogP contribution is 2.37. The molecule has 0 aromatic carbocycles. The average molecular weight is 401 g/mol. The van der Waals surface area contributed by atoms with Crippen molar-refractivity contribution in [3.63, 3.8) is 0 Å². The third-order valence-corrected chi connectivity index (χ3v) is 11.0. The number of methoxy groups -OCH3 is 1. The highest BCUT2D eigenvalue weighted by atomic mass is 28.4. The molecule has 26 heavy (non-hydrogen) atoms. The third-order valence-electron chi connectivity index (χ3n) is 4.85. The van der Waals surface area contributed by atoms with Crippen molar-refractivity contribution in [3.05, 3.63) is 17.7 Å². The summed E-state index contributed by atoms with van der Waals surface area (Å²) in [4.78, 5) is 16.2. The number of rotatable bonds is 9. The Morgan fingerprint density at radius 3 is 2.31 bits per heavy atom.